The molecule has 2 heterocycles. The van der Waals surface area contributed by atoms with Crippen molar-refractivity contribution >= 4 is 55.7 Å². The number of aromatic nitrogens is 2. The van der Waals surface area contributed by atoms with Crippen LogP contribution in [0.4, 0.5) is 0 Å². The van der Waals surface area contributed by atoms with Gasteiger partial charge >= 0.3 is 39.6 Å². The molecular weight excluding hydrogens is 587 g/mol. The number of ketones is 2. The zero-order valence-corrected chi connectivity index (χ0v) is 19.8. The van der Waals surface area contributed by atoms with Crippen molar-refractivity contribution in [2.24, 2.45) is 14.1 Å². The Balaban J connectivity index is 0.000000419. The van der Waals surface area contributed by atoms with Crippen LogP contribution in [0.2, 0.25) is 0 Å². The maximum atomic E-state index is 11.1. The number of carbonyl (C=O) groups excluding carboxylic acids is 2. The Morgan fingerprint density at radius 3 is 1.69 bits per heavy atom. The first-order valence-corrected chi connectivity index (χ1v) is 12.7. The van der Waals surface area contributed by atoms with E-state index in [-0.39, 0.29) is 28.0 Å². The summed E-state index contributed by atoms with van der Waals surface area (Å²) in [5.74, 6) is -0.157. The van der Waals surface area contributed by atoms with Crippen molar-refractivity contribution in [3.63, 3.8) is 0 Å². The van der Waals surface area contributed by atoms with Crippen LogP contribution >= 0.6 is 44.2 Å². The number of rotatable bonds is 3. The van der Waals surface area contributed by atoms with Crippen LogP contribution in [0, 0.1) is 0 Å². The van der Waals surface area contributed by atoms with Gasteiger partial charge in [0.15, 0.2) is 11.6 Å². The SMILES string of the molecule is CC(=O)c1ccn(C)c(=O)c1.Cn1ccc(C(=O)CBr)cc1=O.[Br][Cu][Br]. The van der Waals surface area contributed by atoms with Gasteiger partial charge in [-0.25, -0.2) is 0 Å². The second-order valence-electron chi connectivity index (χ2n) is 4.89. The van der Waals surface area contributed by atoms with Gasteiger partial charge < -0.3 is 9.13 Å². The van der Waals surface area contributed by atoms with Gasteiger partial charge in [0.05, 0.1) is 5.33 Å². The molecule has 0 bridgehead atoms. The van der Waals surface area contributed by atoms with E-state index in [1.54, 1.807) is 38.6 Å². The predicted octanol–water partition coefficient (Wildman–Crippen LogP) is 3.24. The number of hydrogen-bond donors (Lipinski definition) is 0. The summed E-state index contributed by atoms with van der Waals surface area (Å²) < 4.78 is 2.84. The molecule has 0 amide bonds. The maximum absolute atomic E-state index is 11.1. The Morgan fingerprint density at radius 2 is 1.35 bits per heavy atom. The van der Waals surface area contributed by atoms with Gasteiger partial charge in [0.1, 0.15) is 0 Å². The Hall–Kier alpha value is -0.801. The van der Waals surface area contributed by atoms with Crippen LogP contribution in [0.3, 0.4) is 0 Å². The molecule has 0 radical (unpaired) electrons. The van der Waals surface area contributed by atoms with Crippen molar-refractivity contribution in [3.8, 4) is 0 Å². The average Bonchev–Trinajstić information content (AvgIpc) is 2.60. The summed E-state index contributed by atoms with van der Waals surface area (Å²) in [5.41, 5.74) is 0.600. The molecule has 0 saturated heterocycles. The number of carbonyl (C=O) groups is 2. The summed E-state index contributed by atoms with van der Waals surface area (Å²) in [6.45, 7) is 1.44. The van der Waals surface area contributed by atoms with Crippen LogP contribution in [0.1, 0.15) is 27.6 Å². The van der Waals surface area contributed by atoms with E-state index in [9.17, 15) is 19.2 Å². The van der Waals surface area contributed by atoms with E-state index in [1.807, 2.05) is 0 Å². The third-order valence-corrected chi connectivity index (χ3v) is 3.57. The van der Waals surface area contributed by atoms with E-state index < -0.39 is 0 Å². The van der Waals surface area contributed by atoms with Gasteiger partial charge in [-0.3, -0.25) is 19.2 Å². The van der Waals surface area contributed by atoms with Gasteiger partial charge in [0.2, 0.25) is 0 Å². The van der Waals surface area contributed by atoms with Gasteiger partial charge in [-0.2, -0.15) is 0 Å². The molecule has 0 N–H and O–H groups in total. The Kier molecular flexibility index (Phi) is 13.0. The molecule has 0 aliphatic carbocycles. The molecule has 0 saturated carbocycles. The molecule has 0 atom stereocenters. The molecule has 10 heteroatoms. The summed E-state index contributed by atoms with van der Waals surface area (Å²) in [6, 6.07) is 5.93. The molecule has 2 rings (SSSR count). The second-order valence-corrected chi connectivity index (χ2v) is 10.2. The molecule has 0 aliphatic rings. The van der Waals surface area contributed by atoms with Crippen molar-refractivity contribution < 1.29 is 20.9 Å². The summed E-state index contributed by atoms with van der Waals surface area (Å²) in [6.07, 6.45) is 3.16. The molecule has 2 aromatic heterocycles. The monoisotopic (exact) mass is 601 g/mol. The standard InChI is InChI=1S/C8H8BrNO2.C8H9NO2.2BrH.Cu/c1-10-3-2-6(4-8(10)12)7(11)5-9;1-6(10)7-3-4-9(2)8(11)5-7;;;/h2-4H,5H2,1H3;3-5H,1-2H3;2*1H;/q;;;;+2/p-2. The van der Waals surface area contributed by atoms with Gasteiger partial charge in [-0.15, -0.1) is 0 Å². The molecule has 0 unspecified atom stereocenters. The van der Waals surface area contributed by atoms with E-state index in [2.05, 4.69) is 44.2 Å². The minimum atomic E-state index is -0.165. The number of aryl methyl sites for hydroxylation is 2. The normalized spacial score (nSPS) is 9.46. The predicted molar refractivity (Wildman–Crippen MR) is 109 cm³/mol. The third-order valence-electron chi connectivity index (χ3n) is 3.06. The summed E-state index contributed by atoms with van der Waals surface area (Å²) >= 11 is 10.4. The molecule has 6 nitrogen and oxygen atoms in total. The van der Waals surface area contributed by atoms with Crippen LogP contribution in [0.15, 0.2) is 46.2 Å². The van der Waals surface area contributed by atoms with Crippen molar-refractivity contribution in [1.29, 1.82) is 0 Å². The summed E-state index contributed by atoms with van der Waals surface area (Å²) in [5, 5.41) is 0.250. The first kappa shape index (κ1) is 25.2. The molecule has 0 spiro atoms. The van der Waals surface area contributed by atoms with Gasteiger partial charge in [-0.1, -0.05) is 15.9 Å². The number of nitrogens with zero attached hydrogens (tertiary/aromatic N) is 2. The van der Waals surface area contributed by atoms with Gasteiger partial charge in [0.25, 0.3) is 11.1 Å². The van der Waals surface area contributed by atoms with Crippen molar-refractivity contribution in [2.75, 3.05) is 5.33 Å². The first-order valence-electron chi connectivity index (χ1n) is 6.92. The summed E-state index contributed by atoms with van der Waals surface area (Å²) in [7, 11) is 3.29. The fraction of sp³-hybridized carbons (Fsp3) is 0.250. The molecule has 0 fully saturated rings. The number of hydrogen-bond acceptors (Lipinski definition) is 4. The Morgan fingerprint density at radius 1 is 0.962 bits per heavy atom. The van der Waals surface area contributed by atoms with Crippen LogP contribution in [0.5, 0.6) is 0 Å². The quantitative estimate of drug-likeness (QED) is 0.306. The fourth-order valence-electron chi connectivity index (χ4n) is 1.57. The minimum absolute atomic E-state index is 0.0762. The Labute approximate surface area is 179 Å². The molecule has 147 valence electrons. The van der Waals surface area contributed by atoms with Crippen LogP contribution in [-0.4, -0.2) is 26.0 Å². The van der Waals surface area contributed by atoms with E-state index in [1.165, 1.54) is 39.5 Å². The van der Waals surface area contributed by atoms with Crippen LogP contribution in [-0.2, 0) is 25.4 Å². The Bertz CT molecular complexity index is 865. The van der Waals surface area contributed by atoms with Crippen molar-refractivity contribution in [1.82, 2.24) is 9.13 Å². The molecule has 26 heavy (non-hydrogen) atoms. The third kappa shape index (κ3) is 9.23. The van der Waals surface area contributed by atoms with Crippen LogP contribution in [0.25, 0.3) is 0 Å². The van der Waals surface area contributed by atoms with E-state index in [4.69, 9.17) is 0 Å². The van der Waals surface area contributed by atoms with E-state index >= 15 is 0 Å². The molecule has 2 aromatic rings. The topological polar surface area (TPSA) is 78.1 Å². The van der Waals surface area contributed by atoms with Crippen molar-refractivity contribution in [3.05, 3.63) is 68.5 Å². The molecule has 0 aliphatic heterocycles. The number of pyridine rings is 2. The first-order chi connectivity index (χ1) is 12.2. The van der Waals surface area contributed by atoms with Crippen LogP contribution < -0.4 is 11.1 Å². The molecular formula is C16H17Br3CuN2O4. The van der Waals surface area contributed by atoms with E-state index in [0.29, 0.717) is 11.1 Å². The van der Waals surface area contributed by atoms with E-state index in [0.717, 1.165) is 0 Å². The summed E-state index contributed by atoms with van der Waals surface area (Å²) in [4.78, 5) is 43.9. The number of halogens is 3. The van der Waals surface area contributed by atoms with Gasteiger partial charge in [0, 0.05) is 49.7 Å². The number of alkyl halides is 1. The van der Waals surface area contributed by atoms with Gasteiger partial charge in [-0.05, 0) is 19.1 Å². The zero-order valence-electron chi connectivity index (χ0n) is 14.1. The molecule has 0 aromatic carbocycles. The number of Topliss-reactive ketones (excluding diaryl/α,β-unsaturated/α-hetero) is 2. The second kappa shape index (κ2) is 13.4. The average molecular weight is 605 g/mol. The zero-order chi connectivity index (χ0) is 20.3. The van der Waals surface area contributed by atoms with Crippen molar-refractivity contribution in [2.45, 2.75) is 6.92 Å². The fourth-order valence-corrected chi connectivity index (χ4v) is 1.89.